The molecule has 2 aliphatic rings. The van der Waals surface area contributed by atoms with E-state index in [1.165, 1.54) is 5.56 Å². The molecule has 2 saturated carbocycles. The Morgan fingerprint density at radius 1 is 1.29 bits per heavy atom. The van der Waals surface area contributed by atoms with Gasteiger partial charge in [0.05, 0.1) is 5.69 Å². The number of alkyl halides is 2. The molecule has 24 heavy (non-hydrogen) atoms. The zero-order valence-electron chi connectivity index (χ0n) is 13.3. The average Bonchev–Trinajstić information content (AvgIpc) is 3.45. The molecule has 0 spiro atoms. The number of benzene rings is 1. The molecule has 4 rings (SSSR count). The first-order valence-electron chi connectivity index (χ1n) is 8.20. The molecule has 2 unspecified atom stereocenters. The summed E-state index contributed by atoms with van der Waals surface area (Å²) in [5, 5.41) is 2.62. The van der Waals surface area contributed by atoms with Gasteiger partial charge in [0.2, 0.25) is 5.91 Å². The molecular formula is C19H18F2N2O. The van der Waals surface area contributed by atoms with Crippen LogP contribution in [0.2, 0.25) is 0 Å². The summed E-state index contributed by atoms with van der Waals surface area (Å²) in [5.41, 5.74) is 3.54. The van der Waals surface area contributed by atoms with Crippen LogP contribution >= 0.6 is 0 Å². The van der Waals surface area contributed by atoms with Gasteiger partial charge in [0.25, 0.3) is 5.92 Å². The normalized spacial score (nSPS) is 26.7. The van der Waals surface area contributed by atoms with Gasteiger partial charge < -0.3 is 5.32 Å². The summed E-state index contributed by atoms with van der Waals surface area (Å²) in [6.07, 6.45) is 2.51. The van der Waals surface area contributed by atoms with E-state index in [9.17, 15) is 13.6 Å². The SMILES string of the molecule is CC1CC1c1ccc(NC(=O)[C@H]2CC2(F)F)cc1-c1ccccn1. The minimum absolute atomic E-state index is 0.358. The molecule has 3 nitrogen and oxygen atoms in total. The Balaban J connectivity index is 1.64. The van der Waals surface area contributed by atoms with Crippen LogP contribution in [0.1, 0.15) is 31.2 Å². The maximum Gasteiger partial charge on any atom is 0.260 e. The van der Waals surface area contributed by atoms with Crippen molar-refractivity contribution >= 4 is 11.6 Å². The number of nitrogens with zero attached hydrogens (tertiary/aromatic N) is 1. The molecule has 5 heteroatoms. The number of amides is 1. The highest BCUT2D eigenvalue weighted by Crippen LogP contribution is 2.51. The van der Waals surface area contributed by atoms with Gasteiger partial charge in [-0.2, -0.15) is 0 Å². The number of carbonyl (C=O) groups is 1. The van der Waals surface area contributed by atoms with Crippen molar-refractivity contribution in [1.82, 2.24) is 4.98 Å². The summed E-state index contributed by atoms with van der Waals surface area (Å²) in [4.78, 5) is 16.3. The van der Waals surface area contributed by atoms with Gasteiger partial charge in [-0.05, 0) is 48.1 Å². The molecule has 3 atom stereocenters. The molecule has 2 fully saturated rings. The minimum Gasteiger partial charge on any atom is -0.326 e. The maximum absolute atomic E-state index is 13.0. The van der Waals surface area contributed by atoms with E-state index >= 15 is 0 Å². The Morgan fingerprint density at radius 3 is 2.62 bits per heavy atom. The van der Waals surface area contributed by atoms with Gasteiger partial charge in [-0.25, -0.2) is 8.78 Å². The molecule has 124 valence electrons. The zero-order valence-corrected chi connectivity index (χ0v) is 13.3. The second-order valence-corrected chi connectivity index (χ2v) is 6.84. The van der Waals surface area contributed by atoms with Crippen molar-refractivity contribution in [3.63, 3.8) is 0 Å². The number of hydrogen-bond donors (Lipinski definition) is 1. The first-order chi connectivity index (χ1) is 11.5. The molecule has 0 saturated heterocycles. The highest BCUT2D eigenvalue weighted by Gasteiger charge is 2.61. The molecule has 1 aromatic carbocycles. The number of halogens is 2. The molecular weight excluding hydrogens is 310 g/mol. The van der Waals surface area contributed by atoms with E-state index in [0.717, 1.165) is 17.7 Å². The van der Waals surface area contributed by atoms with E-state index in [4.69, 9.17) is 0 Å². The predicted molar refractivity (Wildman–Crippen MR) is 87.9 cm³/mol. The fourth-order valence-corrected chi connectivity index (χ4v) is 3.18. The predicted octanol–water partition coefficient (Wildman–Crippen LogP) is 4.47. The van der Waals surface area contributed by atoms with Crippen molar-refractivity contribution in [3.8, 4) is 11.3 Å². The van der Waals surface area contributed by atoms with Crippen molar-refractivity contribution in [1.29, 1.82) is 0 Å². The summed E-state index contributed by atoms with van der Waals surface area (Å²) in [5.74, 6) is -3.52. The Hall–Kier alpha value is -2.30. The van der Waals surface area contributed by atoms with Crippen LogP contribution in [0.25, 0.3) is 11.3 Å². The van der Waals surface area contributed by atoms with E-state index < -0.39 is 17.7 Å². The lowest BCUT2D eigenvalue weighted by atomic mass is 9.98. The largest absolute Gasteiger partial charge is 0.326 e. The van der Waals surface area contributed by atoms with Gasteiger partial charge in [-0.15, -0.1) is 0 Å². The third-order valence-corrected chi connectivity index (χ3v) is 4.91. The lowest BCUT2D eigenvalue weighted by Gasteiger charge is -2.12. The third kappa shape index (κ3) is 2.79. The standard InChI is InChI=1S/C19H18F2N2O/c1-11-8-14(11)13-6-5-12(23-18(24)16-10-19(16,20)21)9-15(13)17-4-2-3-7-22-17/h2-7,9,11,14,16H,8,10H2,1H3,(H,23,24)/t11?,14?,16-/m1/s1. The number of aromatic nitrogens is 1. The zero-order chi connectivity index (χ0) is 16.9. The van der Waals surface area contributed by atoms with Crippen molar-refractivity contribution in [2.75, 3.05) is 5.32 Å². The van der Waals surface area contributed by atoms with Crippen LogP contribution in [-0.4, -0.2) is 16.8 Å². The number of hydrogen-bond acceptors (Lipinski definition) is 2. The smallest absolute Gasteiger partial charge is 0.260 e. The highest BCUT2D eigenvalue weighted by atomic mass is 19.3. The van der Waals surface area contributed by atoms with Gasteiger partial charge in [0.15, 0.2) is 0 Å². The van der Waals surface area contributed by atoms with Crippen molar-refractivity contribution in [3.05, 3.63) is 48.2 Å². The van der Waals surface area contributed by atoms with Crippen molar-refractivity contribution in [2.45, 2.75) is 31.6 Å². The van der Waals surface area contributed by atoms with E-state index in [-0.39, 0.29) is 6.42 Å². The van der Waals surface area contributed by atoms with Crippen molar-refractivity contribution in [2.24, 2.45) is 11.8 Å². The lowest BCUT2D eigenvalue weighted by molar-refractivity contribution is -0.119. The van der Waals surface area contributed by atoms with E-state index in [0.29, 0.717) is 17.5 Å². The molecule has 0 bridgehead atoms. The van der Waals surface area contributed by atoms with E-state index in [1.54, 1.807) is 12.3 Å². The topological polar surface area (TPSA) is 42.0 Å². The van der Waals surface area contributed by atoms with Crippen LogP contribution < -0.4 is 5.32 Å². The van der Waals surface area contributed by atoms with Crippen LogP contribution in [0, 0.1) is 11.8 Å². The summed E-state index contributed by atoms with van der Waals surface area (Å²) in [6, 6.07) is 11.3. The molecule has 1 aromatic heterocycles. The fourth-order valence-electron chi connectivity index (χ4n) is 3.18. The van der Waals surface area contributed by atoms with E-state index in [1.807, 2.05) is 30.3 Å². The van der Waals surface area contributed by atoms with Crippen LogP contribution in [0.15, 0.2) is 42.6 Å². The van der Waals surface area contributed by atoms with Crippen LogP contribution in [-0.2, 0) is 4.79 Å². The number of nitrogens with one attached hydrogen (secondary N) is 1. The summed E-state index contributed by atoms with van der Waals surface area (Å²) < 4.78 is 26.1. The fraction of sp³-hybridized carbons (Fsp3) is 0.368. The lowest BCUT2D eigenvalue weighted by Crippen LogP contribution is -2.17. The molecule has 1 heterocycles. The first-order valence-corrected chi connectivity index (χ1v) is 8.20. The van der Waals surface area contributed by atoms with Crippen LogP contribution in [0.3, 0.4) is 0 Å². The number of rotatable bonds is 4. The monoisotopic (exact) mass is 328 g/mol. The summed E-state index contributed by atoms with van der Waals surface area (Å²) >= 11 is 0. The Morgan fingerprint density at radius 2 is 2.04 bits per heavy atom. The van der Waals surface area contributed by atoms with Crippen molar-refractivity contribution < 1.29 is 13.6 Å². The molecule has 2 aliphatic carbocycles. The third-order valence-electron chi connectivity index (χ3n) is 4.91. The Labute approximate surface area is 139 Å². The molecule has 2 aromatic rings. The number of anilines is 1. The first kappa shape index (κ1) is 15.2. The summed E-state index contributed by atoms with van der Waals surface area (Å²) in [6.45, 7) is 2.21. The quantitative estimate of drug-likeness (QED) is 0.900. The highest BCUT2D eigenvalue weighted by molar-refractivity contribution is 5.96. The van der Waals surface area contributed by atoms with Gasteiger partial charge in [0, 0.05) is 23.9 Å². The molecule has 1 N–H and O–H groups in total. The van der Waals surface area contributed by atoms with Gasteiger partial charge in [-0.1, -0.05) is 19.1 Å². The van der Waals surface area contributed by atoms with Crippen LogP contribution in [0.5, 0.6) is 0 Å². The Bertz CT molecular complexity index is 791. The number of carbonyl (C=O) groups excluding carboxylic acids is 1. The van der Waals surface area contributed by atoms with Gasteiger partial charge in [-0.3, -0.25) is 9.78 Å². The minimum atomic E-state index is -2.85. The summed E-state index contributed by atoms with van der Waals surface area (Å²) in [7, 11) is 0. The van der Waals surface area contributed by atoms with Gasteiger partial charge in [0.1, 0.15) is 5.92 Å². The maximum atomic E-state index is 13.0. The second kappa shape index (κ2) is 5.36. The second-order valence-electron chi connectivity index (χ2n) is 6.84. The van der Waals surface area contributed by atoms with E-state index in [2.05, 4.69) is 17.2 Å². The average molecular weight is 328 g/mol. The number of pyridine rings is 1. The van der Waals surface area contributed by atoms with Crippen LogP contribution in [0.4, 0.5) is 14.5 Å². The molecule has 0 aliphatic heterocycles. The van der Waals surface area contributed by atoms with Gasteiger partial charge >= 0.3 is 0 Å². The molecule has 0 radical (unpaired) electrons. The Kier molecular flexibility index (Phi) is 3.41. The molecule has 1 amide bonds.